The first-order valence-corrected chi connectivity index (χ1v) is 8.53. The van der Waals surface area contributed by atoms with Gasteiger partial charge in [-0.2, -0.15) is 0 Å². The third kappa shape index (κ3) is 6.57. The Bertz CT molecular complexity index is 649. The van der Waals surface area contributed by atoms with Crippen molar-refractivity contribution in [3.05, 3.63) is 39.9 Å². The summed E-state index contributed by atoms with van der Waals surface area (Å²) in [6, 6.07) is 7.51. The highest BCUT2D eigenvalue weighted by Gasteiger charge is 2.15. The smallest absolute Gasteiger partial charge is 0.263 e. The number of aromatic nitrogens is 1. The van der Waals surface area contributed by atoms with Crippen LogP contribution in [0.4, 0.5) is 0 Å². The van der Waals surface area contributed by atoms with Gasteiger partial charge in [-0.15, -0.1) is 36.2 Å². The average Bonchev–Trinajstić information content (AvgIpc) is 2.89. The predicted octanol–water partition coefficient (Wildman–Crippen LogP) is 4.34. The molecule has 0 aliphatic heterocycles. The van der Waals surface area contributed by atoms with Crippen LogP contribution in [0.15, 0.2) is 24.3 Å². The summed E-state index contributed by atoms with van der Waals surface area (Å²) in [6.45, 7) is 6.33. The van der Waals surface area contributed by atoms with Crippen molar-refractivity contribution in [3.63, 3.8) is 0 Å². The zero-order valence-electron chi connectivity index (χ0n) is 13.6. The third-order valence-corrected chi connectivity index (χ3v) is 4.53. The van der Waals surface area contributed by atoms with Gasteiger partial charge in [0.15, 0.2) is 0 Å². The molecule has 1 amide bonds. The van der Waals surface area contributed by atoms with Crippen LogP contribution in [-0.4, -0.2) is 30.5 Å². The highest BCUT2D eigenvalue weighted by molar-refractivity contribution is 7.17. The molecule has 0 fully saturated rings. The van der Waals surface area contributed by atoms with Crippen molar-refractivity contribution in [2.24, 2.45) is 0 Å². The monoisotopic (exact) mass is 409 g/mol. The normalized spacial score (nSPS) is 9.79. The zero-order chi connectivity index (χ0) is 15.9. The lowest BCUT2D eigenvalue weighted by atomic mass is 10.2. The number of benzene rings is 1. The molecule has 2 aromatic rings. The van der Waals surface area contributed by atoms with Crippen molar-refractivity contribution >= 4 is 53.7 Å². The van der Waals surface area contributed by atoms with Crippen LogP contribution in [0.1, 0.15) is 28.7 Å². The number of carbonyl (C=O) groups excluding carboxylic acids is 1. The summed E-state index contributed by atoms with van der Waals surface area (Å²) < 4.78 is 0. The van der Waals surface area contributed by atoms with Crippen molar-refractivity contribution < 1.29 is 4.79 Å². The molecule has 2 rings (SSSR count). The van der Waals surface area contributed by atoms with E-state index in [1.807, 2.05) is 31.2 Å². The first-order valence-electron chi connectivity index (χ1n) is 7.34. The highest BCUT2D eigenvalue weighted by atomic mass is 35.5. The molecule has 1 heterocycles. The van der Waals surface area contributed by atoms with Crippen LogP contribution >= 0.6 is 47.8 Å². The number of amides is 1. The Morgan fingerprint density at radius 2 is 2.00 bits per heavy atom. The van der Waals surface area contributed by atoms with Crippen LogP contribution in [-0.2, 0) is 0 Å². The van der Waals surface area contributed by atoms with Gasteiger partial charge in [-0.1, -0.05) is 30.7 Å². The maximum atomic E-state index is 12.2. The van der Waals surface area contributed by atoms with Crippen LogP contribution in [0.5, 0.6) is 0 Å². The fraction of sp³-hybridized carbons (Fsp3) is 0.375. The Kier molecular flexibility index (Phi) is 11.2. The van der Waals surface area contributed by atoms with Gasteiger partial charge in [0.25, 0.3) is 5.91 Å². The predicted molar refractivity (Wildman–Crippen MR) is 107 cm³/mol. The van der Waals surface area contributed by atoms with Gasteiger partial charge in [-0.3, -0.25) is 4.79 Å². The van der Waals surface area contributed by atoms with E-state index in [1.54, 1.807) is 0 Å². The molecule has 0 radical (unpaired) electrons. The number of carbonyl (C=O) groups is 1. The van der Waals surface area contributed by atoms with E-state index in [4.69, 9.17) is 11.6 Å². The Morgan fingerprint density at radius 1 is 1.25 bits per heavy atom. The van der Waals surface area contributed by atoms with Crippen molar-refractivity contribution in [2.45, 2.75) is 20.3 Å². The Balaban J connectivity index is 0.00000264. The van der Waals surface area contributed by atoms with Crippen molar-refractivity contribution in [1.82, 2.24) is 15.6 Å². The first-order chi connectivity index (χ1) is 10.6. The van der Waals surface area contributed by atoms with Crippen molar-refractivity contribution in [3.8, 4) is 10.6 Å². The molecular weight excluding hydrogens is 389 g/mol. The van der Waals surface area contributed by atoms with E-state index in [2.05, 4.69) is 22.5 Å². The molecule has 0 spiro atoms. The van der Waals surface area contributed by atoms with Crippen molar-refractivity contribution in [2.75, 3.05) is 19.6 Å². The summed E-state index contributed by atoms with van der Waals surface area (Å²) in [6.07, 6.45) is 1.09. The topological polar surface area (TPSA) is 54.0 Å². The summed E-state index contributed by atoms with van der Waals surface area (Å²) in [7, 11) is 0. The van der Waals surface area contributed by atoms with E-state index < -0.39 is 0 Å². The van der Waals surface area contributed by atoms with E-state index in [0.717, 1.165) is 35.8 Å². The van der Waals surface area contributed by atoms with E-state index in [0.29, 0.717) is 16.4 Å². The van der Waals surface area contributed by atoms with Crippen LogP contribution in [0.25, 0.3) is 10.6 Å². The molecule has 0 unspecified atom stereocenters. The summed E-state index contributed by atoms with van der Waals surface area (Å²) in [5.41, 5.74) is 1.68. The summed E-state index contributed by atoms with van der Waals surface area (Å²) >= 11 is 7.40. The summed E-state index contributed by atoms with van der Waals surface area (Å²) in [4.78, 5) is 17.4. The molecule has 0 saturated heterocycles. The largest absolute Gasteiger partial charge is 0.350 e. The van der Waals surface area contributed by atoms with Crippen molar-refractivity contribution in [1.29, 1.82) is 0 Å². The highest BCUT2D eigenvalue weighted by Crippen LogP contribution is 2.29. The first kappa shape index (κ1) is 23.1. The minimum Gasteiger partial charge on any atom is -0.350 e. The quantitative estimate of drug-likeness (QED) is 0.667. The molecule has 24 heavy (non-hydrogen) atoms. The molecule has 0 atom stereocenters. The van der Waals surface area contributed by atoms with Gasteiger partial charge in [0, 0.05) is 23.7 Å². The summed E-state index contributed by atoms with van der Waals surface area (Å²) in [5, 5.41) is 7.65. The van der Waals surface area contributed by atoms with Gasteiger partial charge in [0.05, 0.1) is 5.69 Å². The maximum Gasteiger partial charge on any atom is 0.263 e. The van der Waals surface area contributed by atoms with Gasteiger partial charge >= 0.3 is 0 Å². The van der Waals surface area contributed by atoms with Gasteiger partial charge in [-0.05, 0) is 32.0 Å². The molecule has 0 aliphatic rings. The molecule has 8 heteroatoms. The lowest BCUT2D eigenvalue weighted by Crippen LogP contribution is -2.32. The Morgan fingerprint density at radius 3 is 2.67 bits per heavy atom. The lowest BCUT2D eigenvalue weighted by Gasteiger charge is -2.04. The van der Waals surface area contributed by atoms with Crippen LogP contribution < -0.4 is 10.6 Å². The van der Waals surface area contributed by atoms with E-state index in [-0.39, 0.29) is 30.7 Å². The minimum atomic E-state index is -0.0680. The van der Waals surface area contributed by atoms with Crippen LogP contribution in [0.3, 0.4) is 0 Å². The number of thiazole rings is 1. The number of hydrogen-bond acceptors (Lipinski definition) is 4. The third-order valence-electron chi connectivity index (χ3n) is 3.09. The SMILES string of the molecule is CCCNCCNC(=O)c1sc(-c2cccc(Cl)c2)nc1C.Cl.Cl. The molecule has 4 nitrogen and oxygen atoms in total. The molecule has 0 bridgehead atoms. The summed E-state index contributed by atoms with van der Waals surface area (Å²) in [5.74, 6) is -0.0680. The van der Waals surface area contributed by atoms with Crippen LogP contribution in [0, 0.1) is 6.92 Å². The number of aryl methyl sites for hydroxylation is 1. The van der Waals surface area contributed by atoms with Gasteiger partial charge in [0.1, 0.15) is 9.88 Å². The van der Waals surface area contributed by atoms with Crippen LogP contribution in [0.2, 0.25) is 5.02 Å². The molecule has 0 aliphatic carbocycles. The minimum absolute atomic E-state index is 0. The van der Waals surface area contributed by atoms with Gasteiger partial charge < -0.3 is 10.6 Å². The number of nitrogens with one attached hydrogen (secondary N) is 2. The second-order valence-corrected chi connectivity index (χ2v) is 6.39. The van der Waals surface area contributed by atoms with E-state index >= 15 is 0 Å². The van der Waals surface area contributed by atoms with Gasteiger partial charge in [0.2, 0.25) is 0 Å². The maximum absolute atomic E-state index is 12.2. The van der Waals surface area contributed by atoms with E-state index in [9.17, 15) is 4.79 Å². The average molecular weight is 411 g/mol. The molecule has 0 saturated carbocycles. The fourth-order valence-electron chi connectivity index (χ4n) is 2.00. The number of rotatable bonds is 7. The second-order valence-electron chi connectivity index (χ2n) is 4.95. The number of hydrogen-bond donors (Lipinski definition) is 2. The zero-order valence-corrected chi connectivity index (χ0v) is 16.8. The number of nitrogens with zero attached hydrogens (tertiary/aromatic N) is 1. The molecule has 134 valence electrons. The number of halogens is 3. The lowest BCUT2D eigenvalue weighted by molar-refractivity contribution is 0.0957. The fourth-order valence-corrected chi connectivity index (χ4v) is 3.17. The van der Waals surface area contributed by atoms with Gasteiger partial charge in [-0.25, -0.2) is 4.98 Å². The van der Waals surface area contributed by atoms with E-state index in [1.165, 1.54) is 11.3 Å². The Hall–Kier alpha value is -0.850. The molecular formula is C16H22Cl3N3OS. The Labute approximate surface area is 164 Å². The molecule has 1 aromatic heterocycles. The molecule has 2 N–H and O–H groups in total. The molecule has 1 aromatic carbocycles. The standard InChI is InChI=1S/C16H20ClN3OS.2ClH/c1-3-7-18-8-9-19-15(21)14-11(2)20-16(22-14)12-5-4-6-13(17)10-12;;/h4-6,10,18H,3,7-9H2,1-2H3,(H,19,21);2*1H. The second kappa shape index (κ2) is 11.7.